The summed E-state index contributed by atoms with van der Waals surface area (Å²) in [5.41, 5.74) is 5.44. The van der Waals surface area contributed by atoms with Crippen LogP contribution in [0.15, 0.2) is 150 Å². The maximum Gasteiger partial charge on any atom is 0.227 e. The predicted octanol–water partition coefficient (Wildman–Crippen LogP) is 10.1. The van der Waals surface area contributed by atoms with Crippen molar-refractivity contribution in [3.8, 4) is 45.6 Å². The zero-order chi connectivity index (χ0) is 29.7. The summed E-state index contributed by atoms with van der Waals surface area (Å²) in [6, 6.07) is 49.4. The first-order valence-corrected chi connectivity index (χ1v) is 14.9. The van der Waals surface area contributed by atoms with Crippen LogP contribution in [0.3, 0.4) is 0 Å². The highest BCUT2D eigenvalue weighted by atomic mass is 16.3. The summed E-state index contributed by atoms with van der Waals surface area (Å²) in [5, 5.41) is 6.67. The minimum Gasteiger partial charge on any atom is -0.436 e. The Balaban J connectivity index is 1.27. The highest BCUT2D eigenvalue weighted by Gasteiger charge is 2.17. The summed E-state index contributed by atoms with van der Waals surface area (Å²) < 4.78 is 6.24. The minimum absolute atomic E-state index is 0.622. The molecule has 9 rings (SSSR count). The van der Waals surface area contributed by atoms with Gasteiger partial charge in [0.1, 0.15) is 5.52 Å². The monoisotopic (exact) mass is 576 g/mol. The molecule has 210 valence electrons. The normalized spacial score (nSPS) is 11.6. The molecule has 0 N–H and O–H groups in total. The average molecular weight is 577 g/mol. The molecule has 5 heteroatoms. The Kier molecular flexibility index (Phi) is 5.74. The SMILES string of the molecule is c1ccc(-c2nc(-c3ccccc3)nc(-c3cccc4c3ccc3c4ccc4ccc5oc(-c6ccccc6)nc5c43)n2)cc1. The Labute approximate surface area is 258 Å². The van der Waals surface area contributed by atoms with E-state index in [9.17, 15) is 0 Å². The maximum absolute atomic E-state index is 6.24. The number of fused-ring (bicyclic) bond motifs is 7. The topological polar surface area (TPSA) is 64.7 Å². The van der Waals surface area contributed by atoms with E-state index in [4.69, 9.17) is 24.4 Å². The summed E-state index contributed by atoms with van der Waals surface area (Å²) in [6.07, 6.45) is 0. The van der Waals surface area contributed by atoms with Crippen molar-refractivity contribution in [2.24, 2.45) is 0 Å². The first-order valence-electron chi connectivity index (χ1n) is 14.9. The number of hydrogen-bond acceptors (Lipinski definition) is 5. The number of rotatable bonds is 4. The second-order valence-corrected chi connectivity index (χ2v) is 11.1. The molecule has 45 heavy (non-hydrogen) atoms. The van der Waals surface area contributed by atoms with E-state index in [0.717, 1.165) is 65.7 Å². The van der Waals surface area contributed by atoms with Crippen molar-refractivity contribution in [2.75, 3.05) is 0 Å². The van der Waals surface area contributed by atoms with Gasteiger partial charge >= 0.3 is 0 Å². The van der Waals surface area contributed by atoms with Crippen molar-refractivity contribution in [3.63, 3.8) is 0 Å². The third-order valence-electron chi connectivity index (χ3n) is 8.36. The van der Waals surface area contributed by atoms with E-state index in [1.165, 1.54) is 0 Å². The molecule has 9 aromatic rings. The maximum atomic E-state index is 6.24. The molecule has 0 aliphatic carbocycles. The van der Waals surface area contributed by atoms with Gasteiger partial charge in [-0.3, -0.25) is 0 Å². The second kappa shape index (κ2) is 10.2. The van der Waals surface area contributed by atoms with Crippen molar-refractivity contribution in [3.05, 3.63) is 146 Å². The summed E-state index contributed by atoms with van der Waals surface area (Å²) in [7, 11) is 0. The lowest BCUT2D eigenvalue weighted by Gasteiger charge is -2.12. The molecule has 0 aliphatic heterocycles. The molecule has 0 amide bonds. The Bertz CT molecular complexity index is 2470. The van der Waals surface area contributed by atoms with E-state index < -0.39 is 0 Å². The molecule has 5 nitrogen and oxygen atoms in total. The number of nitrogens with zero attached hydrogens (tertiary/aromatic N) is 4. The second-order valence-electron chi connectivity index (χ2n) is 11.1. The molecule has 2 aromatic heterocycles. The molecule has 0 unspecified atom stereocenters. The Morgan fingerprint density at radius 2 is 0.933 bits per heavy atom. The van der Waals surface area contributed by atoms with Gasteiger partial charge in [0.2, 0.25) is 5.89 Å². The third-order valence-corrected chi connectivity index (χ3v) is 8.36. The smallest absolute Gasteiger partial charge is 0.227 e. The van der Waals surface area contributed by atoms with E-state index in [1.807, 2.05) is 97.1 Å². The van der Waals surface area contributed by atoms with Gasteiger partial charge in [-0.05, 0) is 45.1 Å². The lowest BCUT2D eigenvalue weighted by molar-refractivity contribution is 0.620. The first kappa shape index (κ1) is 25.3. The molecule has 0 saturated heterocycles. The molecule has 2 heterocycles. The van der Waals surface area contributed by atoms with E-state index in [2.05, 4.69) is 48.5 Å². The van der Waals surface area contributed by atoms with E-state index in [1.54, 1.807) is 0 Å². The van der Waals surface area contributed by atoms with Crippen molar-refractivity contribution < 1.29 is 4.42 Å². The van der Waals surface area contributed by atoms with Gasteiger partial charge in [-0.25, -0.2) is 19.9 Å². The fraction of sp³-hybridized carbons (Fsp3) is 0. The Morgan fingerprint density at radius 3 is 1.62 bits per heavy atom. The van der Waals surface area contributed by atoms with Gasteiger partial charge in [0, 0.05) is 27.6 Å². The lowest BCUT2D eigenvalue weighted by Crippen LogP contribution is -2.00. The number of oxazole rings is 1. The molecule has 0 aliphatic rings. The molecule has 7 aromatic carbocycles. The van der Waals surface area contributed by atoms with Gasteiger partial charge in [0.25, 0.3) is 0 Å². The Hall–Kier alpha value is -6.20. The molecule has 0 spiro atoms. The fourth-order valence-electron chi connectivity index (χ4n) is 6.21. The zero-order valence-corrected chi connectivity index (χ0v) is 24.1. The quantitative estimate of drug-likeness (QED) is 0.195. The van der Waals surface area contributed by atoms with Gasteiger partial charge in [-0.2, -0.15) is 0 Å². The highest BCUT2D eigenvalue weighted by molar-refractivity contribution is 6.24. The summed E-state index contributed by atoms with van der Waals surface area (Å²) in [6.45, 7) is 0. The summed E-state index contributed by atoms with van der Waals surface area (Å²) >= 11 is 0. The van der Waals surface area contributed by atoms with Crippen LogP contribution in [0.4, 0.5) is 0 Å². The van der Waals surface area contributed by atoms with Gasteiger partial charge in [0.05, 0.1) is 0 Å². The number of hydrogen-bond donors (Lipinski definition) is 0. The molecular weight excluding hydrogens is 552 g/mol. The van der Waals surface area contributed by atoms with Crippen LogP contribution in [0.2, 0.25) is 0 Å². The van der Waals surface area contributed by atoms with E-state index in [-0.39, 0.29) is 0 Å². The summed E-state index contributed by atoms with van der Waals surface area (Å²) in [5.74, 6) is 2.55. The van der Waals surface area contributed by atoms with Gasteiger partial charge in [-0.1, -0.05) is 127 Å². The van der Waals surface area contributed by atoms with Crippen LogP contribution in [-0.4, -0.2) is 19.9 Å². The van der Waals surface area contributed by atoms with Crippen LogP contribution in [0.25, 0.3) is 89.0 Å². The van der Waals surface area contributed by atoms with Crippen LogP contribution in [0.5, 0.6) is 0 Å². The first-order chi connectivity index (χ1) is 22.3. The van der Waals surface area contributed by atoms with E-state index >= 15 is 0 Å². The average Bonchev–Trinajstić information content (AvgIpc) is 3.57. The van der Waals surface area contributed by atoms with Crippen LogP contribution < -0.4 is 0 Å². The van der Waals surface area contributed by atoms with Crippen LogP contribution >= 0.6 is 0 Å². The standard InChI is InChI=1S/C40H24N4O/c1-4-11-26(12-5-1)37-42-38(27-13-6-2-7-14-27)44-39(43-37)33-18-10-17-29-30-21-19-25-20-24-34-36(35(25)32(30)23-22-31(29)33)41-40(45-34)28-15-8-3-9-16-28/h1-24H. The molecule has 0 fully saturated rings. The Morgan fingerprint density at radius 1 is 0.378 bits per heavy atom. The van der Waals surface area contributed by atoms with Crippen molar-refractivity contribution >= 4 is 43.4 Å². The molecule has 0 atom stereocenters. The largest absolute Gasteiger partial charge is 0.436 e. The fourth-order valence-corrected chi connectivity index (χ4v) is 6.21. The van der Waals surface area contributed by atoms with Gasteiger partial charge in [-0.15, -0.1) is 0 Å². The third kappa shape index (κ3) is 4.25. The molecular formula is C40H24N4O. The lowest BCUT2D eigenvalue weighted by atomic mass is 9.94. The number of benzene rings is 7. The van der Waals surface area contributed by atoms with Crippen LogP contribution in [0.1, 0.15) is 0 Å². The van der Waals surface area contributed by atoms with Crippen molar-refractivity contribution in [2.45, 2.75) is 0 Å². The number of aromatic nitrogens is 4. The van der Waals surface area contributed by atoms with Crippen molar-refractivity contribution in [1.82, 2.24) is 19.9 Å². The van der Waals surface area contributed by atoms with Crippen LogP contribution in [-0.2, 0) is 0 Å². The van der Waals surface area contributed by atoms with E-state index in [0.29, 0.717) is 23.4 Å². The highest BCUT2D eigenvalue weighted by Crippen LogP contribution is 2.39. The molecule has 0 saturated carbocycles. The molecule has 0 radical (unpaired) electrons. The minimum atomic E-state index is 0.622. The zero-order valence-electron chi connectivity index (χ0n) is 24.1. The molecule has 0 bridgehead atoms. The van der Waals surface area contributed by atoms with Crippen LogP contribution in [0, 0.1) is 0 Å². The van der Waals surface area contributed by atoms with Gasteiger partial charge in [0.15, 0.2) is 23.1 Å². The van der Waals surface area contributed by atoms with Crippen molar-refractivity contribution in [1.29, 1.82) is 0 Å². The summed E-state index contributed by atoms with van der Waals surface area (Å²) in [4.78, 5) is 19.9. The predicted molar refractivity (Wildman–Crippen MR) is 182 cm³/mol. The van der Waals surface area contributed by atoms with Gasteiger partial charge < -0.3 is 4.42 Å².